The van der Waals surface area contributed by atoms with E-state index in [4.69, 9.17) is 0 Å². The zero-order chi connectivity index (χ0) is 13.2. The van der Waals surface area contributed by atoms with E-state index in [-0.39, 0.29) is 5.91 Å². The van der Waals surface area contributed by atoms with Gasteiger partial charge in [-0.2, -0.15) is 0 Å². The molecule has 0 saturated heterocycles. The fourth-order valence-corrected chi connectivity index (χ4v) is 3.76. The Labute approximate surface area is 123 Å². The van der Waals surface area contributed by atoms with Crippen LogP contribution in [0.3, 0.4) is 0 Å². The van der Waals surface area contributed by atoms with E-state index in [1.165, 1.54) is 36.8 Å². The number of carbonyl (C=O) groups excluding carboxylic acids is 1. The SMILES string of the molecule is O=C1NCCCc2ccc(C(Br)CC3CCC3)cc21. The number of fused-ring (bicyclic) bond motifs is 1. The Kier molecular flexibility index (Phi) is 3.92. The summed E-state index contributed by atoms with van der Waals surface area (Å²) in [6.07, 6.45) is 7.36. The third-order valence-corrected chi connectivity index (χ3v) is 5.32. The Morgan fingerprint density at radius 2 is 2.16 bits per heavy atom. The molecule has 1 N–H and O–H groups in total. The molecule has 2 aliphatic rings. The van der Waals surface area contributed by atoms with Gasteiger partial charge in [0.25, 0.3) is 5.91 Å². The lowest BCUT2D eigenvalue weighted by Crippen LogP contribution is -2.22. The van der Waals surface area contributed by atoms with Gasteiger partial charge in [-0.05, 0) is 42.4 Å². The van der Waals surface area contributed by atoms with E-state index in [0.29, 0.717) is 4.83 Å². The van der Waals surface area contributed by atoms with Crippen LogP contribution in [0.5, 0.6) is 0 Å². The number of benzene rings is 1. The summed E-state index contributed by atoms with van der Waals surface area (Å²) >= 11 is 3.80. The van der Waals surface area contributed by atoms with Crippen LogP contribution in [-0.4, -0.2) is 12.5 Å². The zero-order valence-corrected chi connectivity index (χ0v) is 12.7. The predicted octanol–water partition coefficient (Wildman–Crippen LogP) is 3.99. The third-order valence-electron chi connectivity index (χ3n) is 4.41. The van der Waals surface area contributed by atoms with Gasteiger partial charge in [0.05, 0.1) is 0 Å². The van der Waals surface area contributed by atoms with E-state index in [0.717, 1.165) is 30.9 Å². The van der Waals surface area contributed by atoms with Gasteiger partial charge in [-0.3, -0.25) is 4.79 Å². The van der Waals surface area contributed by atoms with Crippen LogP contribution in [0, 0.1) is 5.92 Å². The molecule has 1 fully saturated rings. The molecule has 0 spiro atoms. The van der Waals surface area contributed by atoms with Crippen molar-refractivity contribution >= 4 is 21.8 Å². The molecular weight excluding hydrogens is 302 g/mol. The van der Waals surface area contributed by atoms with Crippen molar-refractivity contribution in [1.82, 2.24) is 5.32 Å². The van der Waals surface area contributed by atoms with Crippen molar-refractivity contribution in [1.29, 1.82) is 0 Å². The molecular formula is C16H20BrNO. The first-order valence-corrected chi connectivity index (χ1v) is 8.20. The molecule has 1 saturated carbocycles. The Morgan fingerprint density at radius 1 is 1.32 bits per heavy atom. The van der Waals surface area contributed by atoms with E-state index >= 15 is 0 Å². The molecule has 0 aromatic heterocycles. The summed E-state index contributed by atoms with van der Waals surface area (Å²) in [5.74, 6) is 0.967. The molecule has 0 radical (unpaired) electrons. The lowest BCUT2D eigenvalue weighted by molar-refractivity contribution is 0.0956. The fourth-order valence-electron chi connectivity index (χ4n) is 2.95. The molecule has 19 heavy (non-hydrogen) atoms. The van der Waals surface area contributed by atoms with Gasteiger partial charge in [0, 0.05) is 16.9 Å². The summed E-state index contributed by atoms with van der Waals surface area (Å²) in [7, 11) is 0. The number of rotatable bonds is 3. The minimum Gasteiger partial charge on any atom is -0.352 e. The Hall–Kier alpha value is -0.830. The van der Waals surface area contributed by atoms with Gasteiger partial charge in [-0.1, -0.05) is 47.3 Å². The van der Waals surface area contributed by atoms with Crippen molar-refractivity contribution in [2.24, 2.45) is 5.92 Å². The van der Waals surface area contributed by atoms with Crippen molar-refractivity contribution in [2.75, 3.05) is 6.54 Å². The van der Waals surface area contributed by atoms with Crippen LogP contribution in [0.25, 0.3) is 0 Å². The smallest absolute Gasteiger partial charge is 0.251 e. The van der Waals surface area contributed by atoms with Crippen molar-refractivity contribution < 1.29 is 4.79 Å². The normalized spacial score (nSPS) is 21.0. The highest BCUT2D eigenvalue weighted by molar-refractivity contribution is 9.09. The number of alkyl halides is 1. The largest absolute Gasteiger partial charge is 0.352 e. The average molecular weight is 322 g/mol. The number of hydrogen-bond acceptors (Lipinski definition) is 1. The summed E-state index contributed by atoms with van der Waals surface area (Å²) in [6, 6.07) is 6.42. The molecule has 2 nitrogen and oxygen atoms in total. The maximum atomic E-state index is 12.0. The van der Waals surface area contributed by atoms with Crippen LogP contribution in [0.4, 0.5) is 0 Å². The standard InChI is InChI=1S/C16H20BrNO/c17-15(9-11-3-1-4-11)13-7-6-12-5-2-8-18-16(19)14(12)10-13/h6-7,10-11,15H,1-5,8-9H2,(H,18,19). The van der Waals surface area contributed by atoms with E-state index in [1.807, 2.05) is 0 Å². The van der Waals surface area contributed by atoms with Crippen LogP contribution in [0.1, 0.15) is 58.4 Å². The van der Waals surface area contributed by atoms with Crippen LogP contribution in [0.15, 0.2) is 18.2 Å². The number of aryl methyl sites for hydroxylation is 1. The molecule has 1 aromatic carbocycles. The van der Waals surface area contributed by atoms with Gasteiger partial charge in [0.2, 0.25) is 0 Å². The number of nitrogens with one attached hydrogen (secondary N) is 1. The van der Waals surface area contributed by atoms with Gasteiger partial charge < -0.3 is 5.32 Å². The monoisotopic (exact) mass is 321 g/mol. The Morgan fingerprint density at radius 3 is 2.89 bits per heavy atom. The van der Waals surface area contributed by atoms with Gasteiger partial charge in [0.15, 0.2) is 0 Å². The average Bonchev–Trinajstić information content (AvgIpc) is 2.55. The number of hydrogen-bond donors (Lipinski definition) is 1. The van der Waals surface area contributed by atoms with Gasteiger partial charge in [-0.15, -0.1) is 0 Å². The van der Waals surface area contributed by atoms with Crippen molar-refractivity contribution in [3.8, 4) is 0 Å². The lowest BCUT2D eigenvalue weighted by Gasteiger charge is -2.27. The quantitative estimate of drug-likeness (QED) is 0.838. The second-order valence-corrected chi connectivity index (χ2v) is 6.88. The third kappa shape index (κ3) is 2.86. The summed E-state index contributed by atoms with van der Waals surface area (Å²) in [5.41, 5.74) is 3.33. The van der Waals surface area contributed by atoms with Crippen molar-refractivity contribution in [3.63, 3.8) is 0 Å². The summed E-state index contributed by atoms with van der Waals surface area (Å²) < 4.78 is 0. The molecule has 102 valence electrons. The summed E-state index contributed by atoms with van der Waals surface area (Å²) in [4.78, 5) is 12.4. The first-order valence-electron chi connectivity index (χ1n) is 7.29. The molecule has 1 aliphatic carbocycles. The van der Waals surface area contributed by atoms with E-state index in [1.54, 1.807) is 0 Å². The van der Waals surface area contributed by atoms with Gasteiger partial charge in [0.1, 0.15) is 0 Å². The van der Waals surface area contributed by atoms with Crippen molar-refractivity contribution in [3.05, 3.63) is 34.9 Å². The fraction of sp³-hybridized carbons (Fsp3) is 0.562. The maximum Gasteiger partial charge on any atom is 0.251 e. The summed E-state index contributed by atoms with van der Waals surface area (Å²) in [5, 5.41) is 2.98. The lowest BCUT2D eigenvalue weighted by atomic mass is 9.81. The highest BCUT2D eigenvalue weighted by Gasteiger charge is 2.23. The van der Waals surface area contributed by atoms with Crippen LogP contribution in [0.2, 0.25) is 0 Å². The second-order valence-electron chi connectivity index (χ2n) is 5.78. The molecule has 1 unspecified atom stereocenters. The molecule has 1 aromatic rings. The molecule has 1 amide bonds. The highest BCUT2D eigenvalue weighted by Crippen LogP contribution is 2.39. The van der Waals surface area contributed by atoms with E-state index in [9.17, 15) is 4.79 Å². The second kappa shape index (κ2) is 5.66. The van der Waals surface area contributed by atoms with Gasteiger partial charge >= 0.3 is 0 Å². The zero-order valence-electron chi connectivity index (χ0n) is 11.1. The first-order chi connectivity index (χ1) is 9.24. The van der Waals surface area contributed by atoms with E-state index in [2.05, 4.69) is 39.4 Å². The molecule has 1 aliphatic heterocycles. The predicted molar refractivity (Wildman–Crippen MR) is 80.7 cm³/mol. The van der Waals surface area contributed by atoms with Crippen molar-refractivity contribution in [2.45, 2.75) is 43.4 Å². The molecule has 3 rings (SSSR count). The summed E-state index contributed by atoms with van der Waals surface area (Å²) in [6.45, 7) is 0.794. The molecule has 0 bridgehead atoms. The highest BCUT2D eigenvalue weighted by atomic mass is 79.9. The van der Waals surface area contributed by atoms with Gasteiger partial charge in [-0.25, -0.2) is 0 Å². The molecule has 3 heteroatoms. The van der Waals surface area contributed by atoms with Crippen LogP contribution < -0.4 is 5.32 Å². The first kappa shape index (κ1) is 13.2. The molecule has 1 atom stereocenters. The minimum atomic E-state index is 0.0951. The number of amides is 1. The number of carbonyl (C=O) groups is 1. The Balaban J connectivity index is 1.80. The minimum absolute atomic E-state index is 0.0951. The topological polar surface area (TPSA) is 29.1 Å². The Bertz CT molecular complexity index is 482. The molecule has 1 heterocycles. The van der Waals surface area contributed by atoms with Crippen LogP contribution >= 0.6 is 15.9 Å². The van der Waals surface area contributed by atoms with E-state index < -0.39 is 0 Å². The van der Waals surface area contributed by atoms with Crippen LogP contribution in [-0.2, 0) is 6.42 Å². The number of halogens is 1. The maximum absolute atomic E-state index is 12.0.